The van der Waals surface area contributed by atoms with Crippen LogP contribution in [0.3, 0.4) is 0 Å². The topological polar surface area (TPSA) is 38.8 Å². The highest BCUT2D eigenvalue weighted by molar-refractivity contribution is 5.76. The van der Waals surface area contributed by atoms with Gasteiger partial charge in [0.2, 0.25) is 5.91 Å². The third kappa shape index (κ3) is 5.52. The number of carbonyl (C=O) groups excluding carboxylic acids is 1. The molecule has 1 amide bonds. The standard InChI is InChI=1S/C20H31NO3/c1-4-8-16(2)13-20(22)21(15-18-10-7-12-24-18)14-17-9-5-6-11-19(17)23-3/h5-6,9,11,16,18H,4,7-8,10,12-15H2,1-3H3. The molecule has 0 aromatic heterocycles. The second-order valence-electron chi connectivity index (χ2n) is 6.82. The molecule has 0 spiro atoms. The predicted octanol–water partition coefficient (Wildman–Crippen LogP) is 4.03. The minimum atomic E-state index is 0.171. The Kier molecular flexibility index (Phi) is 7.57. The molecule has 1 aromatic rings. The highest BCUT2D eigenvalue weighted by Gasteiger charge is 2.24. The van der Waals surface area contributed by atoms with E-state index in [9.17, 15) is 4.79 Å². The summed E-state index contributed by atoms with van der Waals surface area (Å²) in [5.41, 5.74) is 1.05. The van der Waals surface area contributed by atoms with E-state index in [1.165, 1.54) is 0 Å². The molecule has 0 radical (unpaired) electrons. The van der Waals surface area contributed by atoms with Gasteiger partial charge in [0.15, 0.2) is 0 Å². The number of benzene rings is 1. The lowest BCUT2D eigenvalue weighted by Gasteiger charge is -2.27. The van der Waals surface area contributed by atoms with Crippen LogP contribution in [0.5, 0.6) is 5.75 Å². The number of hydrogen-bond donors (Lipinski definition) is 0. The van der Waals surface area contributed by atoms with Gasteiger partial charge in [0, 0.05) is 31.7 Å². The van der Waals surface area contributed by atoms with Gasteiger partial charge in [-0.25, -0.2) is 0 Å². The highest BCUT2D eigenvalue weighted by Crippen LogP contribution is 2.23. The Labute approximate surface area is 146 Å². The average Bonchev–Trinajstić information content (AvgIpc) is 3.08. The van der Waals surface area contributed by atoms with E-state index in [0.29, 0.717) is 25.4 Å². The Morgan fingerprint density at radius 2 is 2.21 bits per heavy atom. The van der Waals surface area contributed by atoms with Crippen LogP contribution in [0.25, 0.3) is 0 Å². The van der Waals surface area contributed by atoms with Gasteiger partial charge >= 0.3 is 0 Å². The largest absolute Gasteiger partial charge is 0.496 e. The van der Waals surface area contributed by atoms with E-state index >= 15 is 0 Å². The van der Waals surface area contributed by atoms with Gasteiger partial charge in [-0.2, -0.15) is 0 Å². The summed E-state index contributed by atoms with van der Waals surface area (Å²) in [6, 6.07) is 7.93. The summed E-state index contributed by atoms with van der Waals surface area (Å²) >= 11 is 0. The van der Waals surface area contributed by atoms with Crippen LogP contribution in [0.2, 0.25) is 0 Å². The Morgan fingerprint density at radius 3 is 2.88 bits per heavy atom. The molecule has 1 aromatic carbocycles. The van der Waals surface area contributed by atoms with E-state index in [1.54, 1.807) is 7.11 Å². The molecule has 0 saturated carbocycles. The molecule has 1 fully saturated rings. The molecule has 4 nitrogen and oxygen atoms in total. The average molecular weight is 333 g/mol. The van der Waals surface area contributed by atoms with Gasteiger partial charge < -0.3 is 14.4 Å². The summed E-state index contributed by atoms with van der Waals surface area (Å²) in [7, 11) is 1.67. The van der Waals surface area contributed by atoms with Gasteiger partial charge in [0.25, 0.3) is 0 Å². The van der Waals surface area contributed by atoms with E-state index < -0.39 is 0 Å². The van der Waals surface area contributed by atoms with Crippen LogP contribution in [0.15, 0.2) is 24.3 Å². The lowest BCUT2D eigenvalue weighted by atomic mass is 10.0. The number of carbonyl (C=O) groups is 1. The van der Waals surface area contributed by atoms with Gasteiger partial charge in [-0.15, -0.1) is 0 Å². The molecule has 0 N–H and O–H groups in total. The van der Waals surface area contributed by atoms with Crippen LogP contribution in [0.1, 0.15) is 51.5 Å². The Morgan fingerprint density at radius 1 is 1.42 bits per heavy atom. The minimum Gasteiger partial charge on any atom is -0.496 e. The van der Waals surface area contributed by atoms with Crippen LogP contribution in [0.4, 0.5) is 0 Å². The first-order valence-electron chi connectivity index (χ1n) is 9.15. The normalized spacial score (nSPS) is 18.4. The molecule has 2 atom stereocenters. The molecule has 0 aliphatic carbocycles. The first-order chi connectivity index (χ1) is 11.6. The first-order valence-corrected chi connectivity index (χ1v) is 9.15. The fourth-order valence-corrected chi connectivity index (χ4v) is 3.35. The zero-order chi connectivity index (χ0) is 17.4. The fraction of sp³-hybridized carbons (Fsp3) is 0.650. The van der Waals surface area contributed by atoms with Crippen molar-refractivity contribution in [1.82, 2.24) is 4.90 Å². The molecule has 1 aliphatic heterocycles. The van der Waals surface area contributed by atoms with Crippen LogP contribution in [-0.4, -0.2) is 37.2 Å². The molecule has 1 heterocycles. The van der Waals surface area contributed by atoms with E-state index in [0.717, 1.165) is 43.6 Å². The zero-order valence-corrected chi connectivity index (χ0v) is 15.3. The summed E-state index contributed by atoms with van der Waals surface area (Å²) in [5, 5.41) is 0. The monoisotopic (exact) mass is 333 g/mol. The Hall–Kier alpha value is -1.55. The van der Waals surface area contributed by atoms with E-state index in [2.05, 4.69) is 13.8 Å². The lowest BCUT2D eigenvalue weighted by Crippen LogP contribution is -2.37. The van der Waals surface area contributed by atoms with Crippen molar-refractivity contribution in [3.05, 3.63) is 29.8 Å². The maximum atomic E-state index is 12.8. The smallest absolute Gasteiger partial charge is 0.223 e. The lowest BCUT2D eigenvalue weighted by molar-refractivity contribution is -0.134. The SMILES string of the molecule is CCCC(C)CC(=O)N(Cc1ccccc1OC)CC1CCCO1. The third-order valence-corrected chi connectivity index (χ3v) is 4.66. The van der Waals surface area contributed by atoms with Crippen molar-refractivity contribution in [3.63, 3.8) is 0 Å². The van der Waals surface area contributed by atoms with Crippen LogP contribution >= 0.6 is 0 Å². The second-order valence-corrected chi connectivity index (χ2v) is 6.82. The molecule has 2 unspecified atom stereocenters. The maximum absolute atomic E-state index is 12.8. The van der Waals surface area contributed by atoms with Crippen molar-refractivity contribution >= 4 is 5.91 Å². The van der Waals surface area contributed by atoms with Crippen molar-refractivity contribution in [2.45, 2.75) is 58.6 Å². The fourth-order valence-electron chi connectivity index (χ4n) is 3.35. The van der Waals surface area contributed by atoms with Crippen molar-refractivity contribution in [2.24, 2.45) is 5.92 Å². The van der Waals surface area contributed by atoms with Gasteiger partial charge in [-0.3, -0.25) is 4.79 Å². The quantitative estimate of drug-likeness (QED) is 0.685. The van der Waals surface area contributed by atoms with Crippen molar-refractivity contribution in [3.8, 4) is 5.75 Å². The molecule has 1 aliphatic rings. The Balaban J connectivity index is 2.07. The number of para-hydroxylation sites is 1. The number of amides is 1. The zero-order valence-electron chi connectivity index (χ0n) is 15.3. The number of methoxy groups -OCH3 is 1. The van der Waals surface area contributed by atoms with Gasteiger partial charge in [-0.1, -0.05) is 44.9 Å². The molecule has 134 valence electrons. The van der Waals surface area contributed by atoms with Gasteiger partial charge in [0.1, 0.15) is 5.75 Å². The number of rotatable bonds is 9. The number of hydrogen-bond acceptors (Lipinski definition) is 3. The van der Waals surface area contributed by atoms with E-state index in [1.807, 2.05) is 29.2 Å². The number of nitrogens with zero attached hydrogens (tertiary/aromatic N) is 1. The molecule has 4 heteroatoms. The number of ether oxygens (including phenoxy) is 2. The summed E-state index contributed by atoms with van der Waals surface area (Å²) in [5.74, 6) is 1.48. The third-order valence-electron chi connectivity index (χ3n) is 4.66. The molecular weight excluding hydrogens is 302 g/mol. The van der Waals surface area contributed by atoms with E-state index in [-0.39, 0.29) is 12.0 Å². The summed E-state index contributed by atoms with van der Waals surface area (Å²) in [6.45, 7) is 6.40. The maximum Gasteiger partial charge on any atom is 0.223 e. The molecule has 24 heavy (non-hydrogen) atoms. The highest BCUT2D eigenvalue weighted by atomic mass is 16.5. The van der Waals surface area contributed by atoms with Crippen molar-refractivity contribution in [2.75, 3.05) is 20.3 Å². The van der Waals surface area contributed by atoms with Crippen LogP contribution in [-0.2, 0) is 16.1 Å². The van der Waals surface area contributed by atoms with Crippen molar-refractivity contribution in [1.29, 1.82) is 0 Å². The Bertz CT molecular complexity index is 511. The van der Waals surface area contributed by atoms with Gasteiger partial charge in [-0.05, 0) is 24.8 Å². The molecule has 1 saturated heterocycles. The summed E-state index contributed by atoms with van der Waals surface area (Å²) in [6.07, 6.45) is 5.12. The molecule has 2 rings (SSSR count). The van der Waals surface area contributed by atoms with Crippen molar-refractivity contribution < 1.29 is 14.3 Å². The minimum absolute atomic E-state index is 0.171. The summed E-state index contributed by atoms with van der Waals surface area (Å²) < 4.78 is 11.2. The van der Waals surface area contributed by atoms with E-state index in [4.69, 9.17) is 9.47 Å². The summed E-state index contributed by atoms with van der Waals surface area (Å²) in [4.78, 5) is 14.8. The molecular formula is C20H31NO3. The first kappa shape index (κ1) is 18.8. The van der Waals surface area contributed by atoms with Crippen LogP contribution < -0.4 is 4.74 Å². The predicted molar refractivity (Wildman–Crippen MR) is 96.1 cm³/mol. The second kappa shape index (κ2) is 9.67. The van der Waals surface area contributed by atoms with Gasteiger partial charge in [0.05, 0.1) is 13.2 Å². The molecule has 0 bridgehead atoms. The van der Waals surface area contributed by atoms with Crippen LogP contribution in [0, 0.1) is 5.92 Å².